The van der Waals surface area contributed by atoms with Crippen molar-refractivity contribution in [1.29, 1.82) is 0 Å². The van der Waals surface area contributed by atoms with Gasteiger partial charge in [-0.25, -0.2) is 0 Å². The third kappa shape index (κ3) is 3.60. The SMILES string of the molecule is CC.Clc1ccc2c(c1-c1n[nH]nc1-c1ccccc1)CCNCC2. The fraction of sp³-hybridized carbons (Fsp3) is 0.300. The number of hydrogen-bond donors (Lipinski definition) is 2. The zero-order chi connectivity index (χ0) is 17.6. The molecule has 0 radical (unpaired) electrons. The minimum atomic E-state index is 0.733. The van der Waals surface area contributed by atoms with Gasteiger partial charge >= 0.3 is 0 Å². The number of hydrogen-bond acceptors (Lipinski definition) is 3. The van der Waals surface area contributed by atoms with Gasteiger partial charge < -0.3 is 5.32 Å². The van der Waals surface area contributed by atoms with Crippen molar-refractivity contribution in [2.75, 3.05) is 13.1 Å². The van der Waals surface area contributed by atoms with E-state index in [9.17, 15) is 0 Å². The largest absolute Gasteiger partial charge is 0.316 e. The number of fused-ring (bicyclic) bond motifs is 1. The van der Waals surface area contributed by atoms with Gasteiger partial charge in [-0.15, -0.1) is 0 Å². The lowest BCUT2D eigenvalue weighted by Gasteiger charge is -2.13. The molecular weight excluding hydrogens is 332 g/mol. The molecule has 2 aromatic carbocycles. The molecule has 4 nitrogen and oxygen atoms in total. The van der Waals surface area contributed by atoms with E-state index in [2.05, 4.69) is 26.8 Å². The molecule has 0 bridgehead atoms. The average Bonchev–Trinajstić information content (AvgIpc) is 3.02. The normalized spacial score (nSPS) is 13.4. The molecule has 4 rings (SSSR count). The molecule has 3 aromatic rings. The third-order valence-electron chi connectivity index (χ3n) is 4.31. The van der Waals surface area contributed by atoms with Crippen LogP contribution in [0.2, 0.25) is 5.02 Å². The standard InChI is InChI=1S/C18H17ClN4.C2H6/c19-15-7-6-12-8-10-20-11-9-14(12)16(15)18-17(21-23-22-18)13-4-2-1-3-5-13;1-2/h1-7,20H,8-11H2,(H,21,22,23);1-2H3. The highest BCUT2D eigenvalue weighted by Gasteiger charge is 2.21. The Balaban J connectivity index is 0.000000880. The lowest BCUT2D eigenvalue weighted by atomic mass is 9.93. The molecule has 130 valence electrons. The van der Waals surface area contributed by atoms with E-state index in [-0.39, 0.29) is 0 Å². The monoisotopic (exact) mass is 354 g/mol. The molecule has 2 N–H and O–H groups in total. The van der Waals surface area contributed by atoms with Crippen LogP contribution in [-0.4, -0.2) is 28.5 Å². The maximum atomic E-state index is 6.56. The highest BCUT2D eigenvalue weighted by Crippen LogP contribution is 2.37. The van der Waals surface area contributed by atoms with Crippen molar-refractivity contribution in [2.24, 2.45) is 0 Å². The minimum Gasteiger partial charge on any atom is -0.316 e. The van der Waals surface area contributed by atoms with E-state index in [0.717, 1.165) is 53.5 Å². The van der Waals surface area contributed by atoms with E-state index in [1.54, 1.807) is 0 Å². The molecular formula is C20H23ClN4. The summed E-state index contributed by atoms with van der Waals surface area (Å²) >= 11 is 6.56. The molecule has 0 aliphatic carbocycles. The second-order valence-electron chi connectivity index (χ2n) is 5.70. The molecule has 0 spiro atoms. The van der Waals surface area contributed by atoms with Crippen LogP contribution in [0.1, 0.15) is 25.0 Å². The number of aromatic nitrogens is 3. The first-order valence-corrected chi connectivity index (χ1v) is 9.20. The van der Waals surface area contributed by atoms with Crippen molar-refractivity contribution in [3.05, 3.63) is 58.6 Å². The summed E-state index contributed by atoms with van der Waals surface area (Å²) in [6.07, 6.45) is 1.96. The summed E-state index contributed by atoms with van der Waals surface area (Å²) in [5, 5.41) is 15.7. The van der Waals surface area contributed by atoms with Gasteiger partial charge in [0, 0.05) is 11.1 Å². The second kappa shape index (κ2) is 8.28. The first-order valence-electron chi connectivity index (χ1n) is 8.82. The Morgan fingerprint density at radius 1 is 0.880 bits per heavy atom. The second-order valence-corrected chi connectivity index (χ2v) is 6.10. The molecule has 0 amide bonds. The van der Waals surface area contributed by atoms with Crippen molar-refractivity contribution < 1.29 is 0 Å². The number of nitrogens with zero attached hydrogens (tertiary/aromatic N) is 2. The van der Waals surface area contributed by atoms with Crippen molar-refractivity contribution >= 4 is 11.6 Å². The number of rotatable bonds is 2. The minimum absolute atomic E-state index is 0.733. The van der Waals surface area contributed by atoms with Gasteiger partial charge in [0.1, 0.15) is 11.4 Å². The topological polar surface area (TPSA) is 53.6 Å². The fourth-order valence-corrected chi connectivity index (χ4v) is 3.47. The van der Waals surface area contributed by atoms with Crippen LogP contribution in [0.5, 0.6) is 0 Å². The van der Waals surface area contributed by atoms with Crippen LogP contribution in [0.3, 0.4) is 0 Å². The summed E-state index contributed by atoms with van der Waals surface area (Å²) < 4.78 is 0. The van der Waals surface area contributed by atoms with Crippen LogP contribution >= 0.6 is 11.6 Å². The van der Waals surface area contributed by atoms with Gasteiger partial charge in [-0.1, -0.05) is 61.8 Å². The number of nitrogens with one attached hydrogen (secondary N) is 2. The molecule has 0 atom stereocenters. The first-order chi connectivity index (χ1) is 12.3. The highest BCUT2D eigenvalue weighted by atomic mass is 35.5. The molecule has 0 saturated heterocycles. The molecule has 1 aliphatic heterocycles. The zero-order valence-electron chi connectivity index (χ0n) is 14.6. The molecule has 0 fully saturated rings. The van der Waals surface area contributed by atoms with Crippen molar-refractivity contribution in [1.82, 2.24) is 20.7 Å². The fourth-order valence-electron chi connectivity index (χ4n) is 3.20. The van der Waals surface area contributed by atoms with Gasteiger partial charge in [-0.3, -0.25) is 0 Å². The first kappa shape index (κ1) is 17.6. The van der Waals surface area contributed by atoms with E-state index < -0.39 is 0 Å². The summed E-state index contributed by atoms with van der Waals surface area (Å²) in [5.74, 6) is 0. The predicted octanol–water partition coefficient (Wildman–Crippen LogP) is 4.51. The predicted molar refractivity (Wildman–Crippen MR) is 104 cm³/mol. The van der Waals surface area contributed by atoms with Gasteiger partial charge in [0.05, 0.1) is 5.02 Å². The smallest absolute Gasteiger partial charge is 0.122 e. The van der Waals surface area contributed by atoms with E-state index in [4.69, 9.17) is 11.6 Å². The van der Waals surface area contributed by atoms with Gasteiger partial charge in [-0.05, 0) is 43.1 Å². The summed E-state index contributed by atoms with van der Waals surface area (Å²) in [7, 11) is 0. The summed E-state index contributed by atoms with van der Waals surface area (Å²) in [4.78, 5) is 0. The van der Waals surface area contributed by atoms with Crippen LogP contribution in [0.25, 0.3) is 22.5 Å². The van der Waals surface area contributed by atoms with E-state index in [1.807, 2.05) is 50.2 Å². The van der Waals surface area contributed by atoms with Gasteiger partial charge in [0.25, 0.3) is 0 Å². The van der Waals surface area contributed by atoms with Crippen LogP contribution in [0.15, 0.2) is 42.5 Å². The maximum absolute atomic E-state index is 6.56. The molecule has 0 saturated carbocycles. The molecule has 25 heavy (non-hydrogen) atoms. The van der Waals surface area contributed by atoms with Gasteiger partial charge in [0.2, 0.25) is 0 Å². The zero-order valence-corrected chi connectivity index (χ0v) is 15.4. The molecule has 1 aromatic heterocycles. The van der Waals surface area contributed by atoms with E-state index in [1.165, 1.54) is 11.1 Å². The van der Waals surface area contributed by atoms with Crippen LogP contribution < -0.4 is 5.32 Å². The number of halogens is 1. The number of benzene rings is 2. The number of aromatic amines is 1. The summed E-state index contributed by atoms with van der Waals surface area (Å²) in [6.45, 7) is 5.96. The Hall–Kier alpha value is -2.17. The van der Waals surface area contributed by atoms with Gasteiger partial charge in [0.15, 0.2) is 0 Å². The molecule has 1 aliphatic rings. The highest BCUT2D eigenvalue weighted by molar-refractivity contribution is 6.33. The molecule has 0 unspecified atom stereocenters. The van der Waals surface area contributed by atoms with Gasteiger partial charge in [-0.2, -0.15) is 15.4 Å². The third-order valence-corrected chi connectivity index (χ3v) is 4.63. The average molecular weight is 355 g/mol. The number of H-pyrrole nitrogens is 1. The van der Waals surface area contributed by atoms with E-state index >= 15 is 0 Å². The van der Waals surface area contributed by atoms with Crippen molar-refractivity contribution in [3.63, 3.8) is 0 Å². The lowest BCUT2D eigenvalue weighted by molar-refractivity contribution is 0.711. The van der Waals surface area contributed by atoms with E-state index in [0.29, 0.717) is 0 Å². The van der Waals surface area contributed by atoms with Crippen LogP contribution in [-0.2, 0) is 12.8 Å². The Kier molecular flexibility index (Phi) is 5.84. The Labute approximate surface area is 153 Å². The molecule has 2 heterocycles. The van der Waals surface area contributed by atoms with Crippen molar-refractivity contribution in [2.45, 2.75) is 26.7 Å². The Morgan fingerprint density at radius 3 is 2.40 bits per heavy atom. The quantitative estimate of drug-likeness (QED) is 0.712. The Morgan fingerprint density at radius 2 is 1.60 bits per heavy atom. The lowest BCUT2D eigenvalue weighted by Crippen LogP contribution is -2.16. The molecule has 5 heteroatoms. The van der Waals surface area contributed by atoms with Crippen molar-refractivity contribution in [3.8, 4) is 22.5 Å². The summed E-state index contributed by atoms with van der Waals surface area (Å²) in [6, 6.07) is 14.2. The van der Waals surface area contributed by atoms with Crippen LogP contribution in [0, 0.1) is 0 Å². The Bertz CT molecular complexity index is 827. The van der Waals surface area contributed by atoms with Crippen LogP contribution in [0.4, 0.5) is 0 Å². The maximum Gasteiger partial charge on any atom is 0.122 e. The summed E-state index contributed by atoms with van der Waals surface area (Å²) in [5.41, 5.74) is 6.36.